The zero-order valence-electron chi connectivity index (χ0n) is 18.7. The van der Waals surface area contributed by atoms with Crippen LogP contribution in [0.2, 0.25) is 0 Å². The van der Waals surface area contributed by atoms with Crippen LogP contribution in [0.5, 0.6) is 0 Å². The lowest BCUT2D eigenvalue weighted by Gasteiger charge is -2.14. The van der Waals surface area contributed by atoms with Crippen LogP contribution >= 0.6 is 0 Å². The molecule has 1 saturated carbocycles. The first-order valence-electron chi connectivity index (χ1n) is 11.4. The van der Waals surface area contributed by atoms with E-state index >= 15 is 0 Å². The number of amides is 2. The smallest absolute Gasteiger partial charge is 0.373 e. The molecule has 2 aliphatic heterocycles. The van der Waals surface area contributed by atoms with Crippen LogP contribution in [-0.2, 0) is 11.0 Å². The van der Waals surface area contributed by atoms with Crippen molar-refractivity contribution in [3.8, 4) is 0 Å². The maximum Gasteiger partial charge on any atom is 0.433 e. The molecular formula is C26H20F3N5O2. The molecule has 2 aromatic carbocycles. The van der Waals surface area contributed by atoms with Crippen molar-refractivity contribution in [3.63, 3.8) is 0 Å². The number of hydrazine groups is 1. The highest BCUT2D eigenvalue weighted by Gasteiger charge is 2.45. The number of carbonyl (C=O) groups excluding carboxylic acids is 2. The molecule has 6 rings (SSSR count). The highest BCUT2D eigenvalue weighted by Crippen LogP contribution is 2.49. The van der Waals surface area contributed by atoms with Gasteiger partial charge in [0.1, 0.15) is 5.69 Å². The molecule has 7 nitrogen and oxygen atoms in total. The highest BCUT2D eigenvalue weighted by atomic mass is 19.4. The summed E-state index contributed by atoms with van der Waals surface area (Å²) >= 11 is 0. The van der Waals surface area contributed by atoms with E-state index in [1.54, 1.807) is 18.3 Å². The number of alkyl halides is 3. The van der Waals surface area contributed by atoms with Gasteiger partial charge in [0.2, 0.25) is 5.91 Å². The minimum atomic E-state index is -4.50. The van der Waals surface area contributed by atoms with Crippen LogP contribution in [0.4, 0.5) is 24.5 Å². The Labute approximate surface area is 203 Å². The van der Waals surface area contributed by atoms with Gasteiger partial charge < -0.3 is 16.1 Å². The van der Waals surface area contributed by atoms with Crippen molar-refractivity contribution < 1.29 is 22.8 Å². The van der Waals surface area contributed by atoms with E-state index in [2.05, 4.69) is 26.5 Å². The van der Waals surface area contributed by atoms with Gasteiger partial charge in [-0.1, -0.05) is 36.4 Å². The maximum atomic E-state index is 12.9. The topological polar surface area (TPSA) is 95.2 Å². The van der Waals surface area contributed by atoms with Crippen molar-refractivity contribution in [2.24, 2.45) is 5.92 Å². The fourth-order valence-corrected chi connectivity index (χ4v) is 4.89. The number of pyridine rings is 1. The minimum absolute atomic E-state index is 0.175. The van der Waals surface area contributed by atoms with Gasteiger partial charge in [-0.15, -0.1) is 0 Å². The predicted molar refractivity (Wildman–Crippen MR) is 127 cm³/mol. The van der Waals surface area contributed by atoms with E-state index in [9.17, 15) is 22.8 Å². The Kier molecular flexibility index (Phi) is 4.99. The van der Waals surface area contributed by atoms with Gasteiger partial charge in [-0.05, 0) is 41.7 Å². The predicted octanol–water partition coefficient (Wildman–Crippen LogP) is 4.60. The summed E-state index contributed by atoms with van der Waals surface area (Å²) in [6.45, 7) is 0. The van der Waals surface area contributed by atoms with E-state index in [1.807, 2.05) is 30.3 Å². The molecule has 182 valence electrons. The van der Waals surface area contributed by atoms with Crippen LogP contribution in [0.25, 0.3) is 5.57 Å². The Morgan fingerprint density at radius 3 is 2.58 bits per heavy atom. The summed E-state index contributed by atoms with van der Waals surface area (Å²) in [6.07, 6.45) is -1.04. The molecule has 1 aliphatic carbocycles. The second-order valence-corrected chi connectivity index (χ2v) is 9.05. The molecule has 1 fully saturated rings. The van der Waals surface area contributed by atoms with Gasteiger partial charge in [0, 0.05) is 40.8 Å². The molecule has 3 aromatic rings. The number of rotatable bonds is 4. The molecule has 4 N–H and O–H groups in total. The number of carbonyl (C=O) groups is 2. The summed E-state index contributed by atoms with van der Waals surface area (Å²) in [5.41, 5.74) is 9.40. The maximum absolute atomic E-state index is 12.9. The SMILES string of the molecule is O=C1NNC=C2c3c(cc(NC(=O)C4CC4c4ccc(C(F)(F)F)nc4)cc31)NC2c1ccccc1. The van der Waals surface area contributed by atoms with Gasteiger partial charge in [0.25, 0.3) is 5.91 Å². The summed E-state index contributed by atoms with van der Waals surface area (Å²) in [6, 6.07) is 15.4. The van der Waals surface area contributed by atoms with Crippen molar-refractivity contribution in [1.29, 1.82) is 0 Å². The monoisotopic (exact) mass is 491 g/mol. The van der Waals surface area contributed by atoms with E-state index in [0.29, 0.717) is 23.2 Å². The van der Waals surface area contributed by atoms with Crippen molar-refractivity contribution in [1.82, 2.24) is 15.8 Å². The lowest BCUT2D eigenvalue weighted by Crippen LogP contribution is -2.32. The number of nitrogens with one attached hydrogen (secondary N) is 4. The largest absolute Gasteiger partial charge is 0.433 e. The van der Waals surface area contributed by atoms with E-state index < -0.39 is 11.9 Å². The molecule has 0 radical (unpaired) electrons. The van der Waals surface area contributed by atoms with E-state index in [1.165, 1.54) is 12.3 Å². The van der Waals surface area contributed by atoms with Gasteiger partial charge in [-0.25, -0.2) is 0 Å². The normalized spacial score (nSPS) is 21.8. The summed E-state index contributed by atoms with van der Waals surface area (Å²) in [5.74, 6) is -1.16. The Bertz CT molecular complexity index is 1400. The molecule has 2 amide bonds. The first-order chi connectivity index (χ1) is 17.3. The quantitative estimate of drug-likeness (QED) is 0.428. The van der Waals surface area contributed by atoms with Crippen molar-refractivity contribution >= 4 is 28.8 Å². The van der Waals surface area contributed by atoms with E-state index in [-0.39, 0.29) is 29.7 Å². The number of benzene rings is 2. The molecular weight excluding hydrogens is 471 g/mol. The van der Waals surface area contributed by atoms with Gasteiger partial charge >= 0.3 is 6.18 Å². The first kappa shape index (κ1) is 22.1. The van der Waals surface area contributed by atoms with Gasteiger partial charge in [-0.2, -0.15) is 13.2 Å². The molecule has 3 atom stereocenters. The fourth-order valence-electron chi connectivity index (χ4n) is 4.89. The van der Waals surface area contributed by atoms with Crippen LogP contribution in [0.3, 0.4) is 0 Å². The number of halogens is 3. The third kappa shape index (κ3) is 3.84. The third-order valence-electron chi connectivity index (χ3n) is 6.73. The molecule has 3 unspecified atom stereocenters. The number of nitrogens with zero attached hydrogens (tertiary/aromatic N) is 1. The summed E-state index contributed by atoms with van der Waals surface area (Å²) < 4.78 is 38.3. The number of aromatic nitrogens is 1. The third-order valence-corrected chi connectivity index (χ3v) is 6.73. The summed E-state index contributed by atoms with van der Waals surface area (Å²) in [4.78, 5) is 29.2. The highest BCUT2D eigenvalue weighted by molar-refractivity contribution is 6.07. The summed E-state index contributed by atoms with van der Waals surface area (Å²) in [7, 11) is 0. The molecule has 0 bridgehead atoms. The first-order valence-corrected chi connectivity index (χ1v) is 11.4. The number of hydrogen-bond acceptors (Lipinski definition) is 5. The lowest BCUT2D eigenvalue weighted by atomic mass is 9.94. The molecule has 36 heavy (non-hydrogen) atoms. The molecule has 3 aliphatic rings. The standard InChI is InChI=1S/C26H20F3N5O2/c27-26(28,29)21-7-6-14(11-30-21)16-10-17(16)24(35)32-15-8-18-22-19(12-31-34-25(18)36)23(33-20(22)9-15)13-4-2-1-3-5-13/h1-9,11-12,16-17,23,31,33H,10H2,(H,32,35)(H,34,36). The van der Waals surface area contributed by atoms with Crippen LogP contribution in [-0.4, -0.2) is 16.8 Å². The Morgan fingerprint density at radius 1 is 1.06 bits per heavy atom. The number of anilines is 2. The Hall–Kier alpha value is -4.34. The van der Waals surface area contributed by atoms with Crippen LogP contribution in [0.15, 0.2) is 67.0 Å². The van der Waals surface area contributed by atoms with Crippen molar-refractivity contribution in [2.45, 2.75) is 24.6 Å². The molecule has 0 spiro atoms. The summed E-state index contributed by atoms with van der Waals surface area (Å²) in [5, 5.41) is 6.33. The van der Waals surface area contributed by atoms with Gasteiger partial charge in [0.05, 0.1) is 11.6 Å². The fraction of sp³-hybridized carbons (Fsp3) is 0.192. The van der Waals surface area contributed by atoms with Crippen LogP contribution < -0.4 is 21.5 Å². The minimum Gasteiger partial charge on any atom is -0.373 e. The second kappa shape index (κ2) is 8.11. The van der Waals surface area contributed by atoms with E-state index in [4.69, 9.17) is 0 Å². The van der Waals surface area contributed by atoms with E-state index in [0.717, 1.165) is 28.5 Å². The molecule has 3 heterocycles. The van der Waals surface area contributed by atoms with Crippen molar-refractivity contribution in [2.75, 3.05) is 10.6 Å². The molecule has 10 heteroatoms. The molecule has 0 saturated heterocycles. The Morgan fingerprint density at radius 2 is 1.86 bits per heavy atom. The van der Waals surface area contributed by atoms with Crippen LogP contribution in [0.1, 0.15) is 51.1 Å². The average molecular weight is 491 g/mol. The zero-order chi connectivity index (χ0) is 25.0. The average Bonchev–Trinajstić information content (AvgIpc) is 3.61. The van der Waals surface area contributed by atoms with Crippen LogP contribution in [0, 0.1) is 5.92 Å². The van der Waals surface area contributed by atoms with Gasteiger partial charge in [-0.3, -0.25) is 20.0 Å². The Balaban J connectivity index is 1.23. The van der Waals surface area contributed by atoms with Gasteiger partial charge in [0.15, 0.2) is 0 Å². The molecule has 1 aromatic heterocycles. The second-order valence-electron chi connectivity index (χ2n) is 9.05. The van der Waals surface area contributed by atoms with Crippen molar-refractivity contribution in [3.05, 3.63) is 94.9 Å². The zero-order valence-corrected chi connectivity index (χ0v) is 18.7. The lowest BCUT2D eigenvalue weighted by molar-refractivity contribution is -0.141. The number of hydrogen-bond donors (Lipinski definition) is 4.